The van der Waals surface area contributed by atoms with Crippen molar-refractivity contribution in [1.29, 1.82) is 0 Å². The van der Waals surface area contributed by atoms with Crippen LogP contribution < -0.4 is 14.5 Å². The fraction of sp³-hybridized carbons (Fsp3) is 0.435. The van der Waals surface area contributed by atoms with Gasteiger partial charge in [0.1, 0.15) is 5.75 Å². The third-order valence-electron chi connectivity index (χ3n) is 5.88. The topological polar surface area (TPSA) is 36.0 Å². The Kier molecular flexibility index (Phi) is 5.53. The summed E-state index contributed by atoms with van der Waals surface area (Å²) in [6.07, 6.45) is 0.955. The second-order valence-electron chi connectivity index (χ2n) is 7.47. The SMILES string of the molecule is CCOc1ccccc1N1CCN([C@@H](C)C(=O)N2CCc3ccccc32)CC1. The smallest absolute Gasteiger partial charge is 0.244 e. The van der Waals surface area contributed by atoms with E-state index in [9.17, 15) is 4.79 Å². The lowest BCUT2D eigenvalue weighted by Crippen LogP contribution is -2.54. The van der Waals surface area contributed by atoms with Gasteiger partial charge in [0.15, 0.2) is 0 Å². The van der Waals surface area contributed by atoms with Crippen molar-refractivity contribution in [2.24, 2.45) is 0 Å². The van der Waals surface area contributed by atoms with Gasteiger partial charge in [-0.05, 0) is 44.0 Å². The quantitative estimate of drug-likeness (QED) is 0.799. The molecule has 2 aliphatic rings. The second-order valence-corrected chi connectivity index (χ2v) is 7.47. The van der Waals surface area contributed by atoms with Crippen molar-refractivity contribution in [2.45, 2.75) is 26.3 Å². The van der Waals surface area contributed by atoms with Gasteiger partial charge in [0.25, 0.3) is 0 Å². The molecule has 1 atom stereocenters. The summed E-state index contributed by atoms with van der Waals surface area (Å²) >= 11 is 0. The Morgan fingerprint density at radius 2 is 1.64 bits per heavy atom. The third kappa shape index (κ3) is 3.59. The van der Waals surface area contributed by atoms with Crippen molar-refractivity contribution in [2.75, 3.05) is 49.1 Å². The Hall–Kier alpha value is -2.53. The van der Waals surface area contributed by atoms with E-state index < -0.39 is 0 Å². The Bertz CT molecular complexity index is 830. The van der Waals surface area contributed by atoms with E-state index in [1.807, 2.05) is 36.9 Å². The summed E-state index contributed by atoms with van der Waals surface area (Å²) in [7, 11) is 0. The number of benzene rings is 2. The number of amides is 1. The molecule has 5 nitrogen and oxygen atoms in total. The van der Waals surface area contributed by atoms with E-state index in [1.165, 1.54) is 5.56 Å². The van der Waals surface area contributed by atoms with Gasteiger partial charge in [-0.1, -0.05) is 30.3 Å². The van der Waals surface area contributed by atoms with Crippen molar-refractivity contribution in [3.8, 4) is 5.75 Å². The van der Waals surface area contributed by atoms with Crippen LogP contribution in [0.5, 0.6) is 5.75 Å². The zero-order valence-corrected chi connectivity index (χ0v) is 16.8. The van der Waals surface area contributed by atoms with E-state index in [0.717, 1.165) is 56.3 Å². The first kappa shape index (κ1) is 18.8. The average Bonchev–Trinajstić information content (AvgIpc) is 3.18. The molecule has 0 aliphatic carbocycles. The van der Waals surface area contributed by atoms with Crippen LogP contribution in [0.2, 0.25) is 0 Å². The highest BCUT2D eigenvalue weighted by molar-refractivity contribution is 5.98. The van der Waals surface area contributed by atoms with Crippen LogP contribution in [-0.2, 0) is 11.2 Å². The standard InChI is InChI=1S/C23H29N3O2/c1-3-28-22-11-7-6-10-21(22)25-16-14-24(15-17-25)18(2)23(27)26-13-12-19-8-4-5-9-20(19)26/h4-11,18H,3,12-17H2,1-2H3/t18-/m0/s1. The number of hydrogen-bond acceptors (Lipinski definition) is 4. The summed E-state index contributed by atoms with van der Waals surface area (Å²) < 4.78 is 5.79. The van der Waals surface area contributed by atoms with Gasteiger partial charge in [0.05, 0.1) is 18.3 Å². The van der Waals surface area contributed by atoms with E-state index in [1.54, 1.807) is 0 Å². The zero-order valence-electron chi connectivity index (χ0n) is 16.8. The number of carbonyl (C=O) groups excluding carboxylic acids is 1. The molecular weight excluding hydrogens is 350 g/mol. The molecule has 28 heavy (non-hydrogen) atoms. The van der Waals surface area contributed by atoms with Crippen molar-refractivity contribution < 1.29 is 9.53 Å². The summed E-state index contributed by atoms with van der Waals surface area (Å²) in [5.74, 6) is 1.16. The first-order valence-corrected chi connectivity index (χ1v) is 10.3. The summed E-state index contributed by atoms with van der Waals surface area (Å²) in [4.78, 5) is 19.8. The molecule has 2 aromatic carbocycles. The molecule has 0 unspecified atom stereocenters. The minimum absolute atomic E-state index is 0.101. The molecule has 2 aromatic rings. The van der Waals surface area contributed by atoms with E-state index in [-0.39, 0.29) is 11.9 Å². The monoisotopic (exact) mass is 379 g/mol. The minimum Gasteiger partial charge on any atom is -0.492 e. The number of carbonyl (C=O) groups is 1. The molecule has 0 aromatic heterocycles. The van der Waals surface area contributed by atoms with Gasteiger partial charge >= 0.3 is 0 Å². The summed E-state index contributed by atoms with van der Waals surface area (Å²) in [6, 6.07) is 16.4. The van der Waals surface area contributed by atoms with Gasteiger partial charge in [0.2, 0.25) is 5.91 Å². The van der Waals surface area contributed by atoms with E-state index in [2.05, 4.69) is 40.1 Å². The van der Waals surface area contributed by atoms with Gasteiger partial charge in [-0.3, -0.25) is 9.69 Å². The second kappa shape index (κ2) is 8.23. The molecule has 5 heteroatoms. The molecule has 4 rings (SSSR count). The van der Waals surface area contributed by atoms with Crippen LogP contribution in [0.25, 0.3) is 0 Å². The van der Waals surface area contributed by atoms with E-state index in [4.69, 9.17) is 4.74 Å². The Balaban J connectivity index is 1.40. The van der Waals surface area contributed by atoms with Crippen LogP contribution in [0.4, 0.5) is 11.4 Å². The highest BCUT2D eigenvalue weighted by Gasteiger charge is 2.32. The fourth-order valence-electron chi connectivity index (χ4n) is 4.29. The first-order chi connectivity index (χ1) is 13.7. The molecule has 1 saturated heterocycles. The first-order valence-electron chi connectivity index (χ1n) is 10.3. The van der Waals surface area contributed by atoms with Crippen LogP contribution in [0.15, 0.2) is 48.5 Å². The van der Waals surface area contributed by atoms with Crippen molar-refractivity contribution >= 4 is 17.3 Å². The number of para-hydroxylation sites is 3. The summed E-state index contributed by atoms with van der Waals surface area (Å²) in [5.41, 5.74) is 3.51. The summed E-state index contributed by atoms with van der Waals surface area (Å²) in [5, 5.41) is 0. The molecule has 0 spiro atoms. The normalized spacial score (nSPS) is 18.1. The van der Waals surface area contributed by atoms with Gasteiger partial charge in [-0.2, -0.15) is 0 Å². The maximum atomic E-state index is 13.1. The Morgan fingerprint density at radius 1 is 0.964 bits per heavy atom. The lowest BCUT2D eigenvalue weighted by atomic mass is 10.1. The number of piperazine rings is 1. The average molecular weight is 380 g/mol. The van der Waals surface area contributed by atoms with Gasteiger partial charge in [-0.25, -0.2) is 0 Å². The van der Waals surface area contributed by atoms with E-state index >= 15 is 0 Å². The molecule has 1 fully saturated rings. The highest BCUT2D eigenvalue weighted by atomic mass is 16.5. The van der Waals surface area contributed by atoms with Crippen LogP contribution in [0, 0.1) is 0 Å². The van der Waals surface area contributed by atoms with Crippen molar-refractivity contribution in [1.82, 2.24) is 4.90 Å². The van der Waals surface area contributed by atoms with Crippen molar-refractivity contribution in [3.05, 3.63) is 54.1 Å². The predicted molar refractivity (Wildman–Crippen MR) is 113 cm³/mol. The number of nitrogens with zero attached hydrogens (tertiary/aromatic N) is 3. The highest BCUT2D eigenvalue weighted by Crippen LogP contribution is 2.30. The molecule has 148 valence electrons. The molecular formula is C23H29N3O2. The largest absolute Gasteiger partial charge is 0.492 e. The van der Waals surface area contributed by atoms with Crippen LogP contribution in [0.3, 0.4) is 0 Å². The molecule has 2 aliphatic heterocycles. The Labute approximate surface area is 167 Å². The maximum absolute atomic E-state index is 13.1. The van der Waals surface area contributed by atoms with Crippen LogP contribution in [0.1, 0.15) is 19.4 Å². The lowest BCUT2D eigenvalue weighted by molar-refractivity contribution is -0.123. The lowest BCUT2D eigenvalue weighted by Gasteiger charge is -2.39. The zero-order chi connectivity index (χ0) is 19.5. The van der Waals surface area contributed by atoms with Crippen molar-refractivity contribution in [3.63, 3.8) is 0 Å². The third-order valence-corrected chi connectivity index (χ3v) is 5.88. The number of anilines is 2. The minimum atomic E-state index is -0.101. The number of rotatable bonds is 5. The van der Waals surface area contributed by atoms with E-state index in [0.29, 0.717) is 6.61 Å². The molecule has 0 N–H and O–H groups in total. The molecule has 0 bridgehead atoms. The number of ether oxygens (including phenoxy) is 1. The fourth-order valence-corrected chi connectivity index (χ4v) is 4.29. The molecule has 0 saturated carbocycles. The summed E-state index contributed by atoms with van der Waals surface area (Å²) in [6.45, 7) is 9.08. The predicted octanol–water partition coefficient (Wildman–Crippen LogP) is 3.19. The van der Waals surface area contributed by atoms with Gasteiger partial charge in [-0.15, -0.1) is 0 Å². The van der Waals surface area contributed by atoms with Crippen LogP contribution >= 0.6 is 0 Å². The number of fused-ring (bicyclic) bond motifs is 1. The molecule has 0 radical (unpaired) electrons. The molecule has 1 amide bonds. The molecule has 2 heterocycles. The maximum Gasteiger partial charge on any atom is 0.244 e. The van der Waals surface area contributed by atoms with Gasteiger partial charge in [0, 0.05) is 38.4 Å². The van der Waals surface area contributed by atoms with Gasteiger partial charge < -0.3 is 14.5 Å². The Morgan fingerprint density at radius 3 is 2.39 bits per heavy atom. The van der Waals surface area contributed by atoms with Crippen LogP contribution in [-0.4, -0.2) is 56.2 Å². The number of hydrogen-bond donors (Lipinski definition) is 0.